The maximum Gasteiger partial charge on any atom is 0.338 e. The molecule has 1 N–H and O–H groups in total. The third-order valence-corrected chi connectivity index (χ3v) is 3.39. The molecule has 0 fully saturated rings. The van der Waals surface area contributed by atoms with E-state index in [4.69, 9.17) is 4.74 Å². The highest BCUT2D eigenvalue weighted by Crippen LogP contribution is 2.14. The van der Waals surface area contributed by atoms with Crippen LogP contribution in [0.2, 0.25) is 0 Å². The number of nitrogens with one attached hydrogen (secondary N) is 1. The Morgan fingerprint density at radius 3 is 2.42 bits per heavy atom. The van der Waals surface area contributed by atoms with E-state index in [0.717, 1.165) is 11.3 Å². The van der Waals surface area contributed by atoms with Gasteiger partial charge in [-0.15, -0.1) is 0 Å². The van der Waals surface area contributed by atoms with E-state index in [1.165, 1.54) is 12.3 Å². The van der Waals surface area contributed by atoms with Gasteiger partial charge in [0.15, 0.2) is 0 Å². The fraction of sp³-hybridized carbons (Fsp3) is 0.368. The van der Waals surface area contributed by atoms with Gasteiger partial charge in [0, 0.05) is 12.6 Å². The molecule has 0 amide bonds. The summed E-state index contributed by atoms with van der Waals surface area (Å²) in [5.74, 6) is -0.672. The topological polar surface area (TPSA) is 51.2 Å². The zero-order chi connectivity index (χ0) is 17.7. The Morgan fingerprint density at radius 1 is 1.21 bits per heavy atom. The van der Waals surface area contributed by atoms with Crippen LogP contribution in [0.4, 0.5) is 4.39 Å². The number of esters is 1. The van der Waals surface area contributed by atoms with Crippen molar-refractivity contribution in [2.45, 2.75) is 45.9 Å². The Kier molecular flexibility index (Phi) is 5.67. The van der Waals surface area contributed by atoms with E-state index in [-0.39, 0.29) is 17.8 Å². The van der Waals surface area contributed by atoms with Crippen LogP contribution >= 0.6 is 0 Å². The lowest BCUT2D eigenvalue weighted by molar-refractivity contribution is 0.00695. The van der Waals surface area contributed by atoms with Crippen LogP contribution in [0.1, 0.15) is 55.4 Å². The molecule has 128 valence electrons. The van der Waals surface area contributed by atoms with Crippen molar-refractivity contribution in [3.05, 3.63) is 65.2 Å². The highest BCUT2D eigenvalue weighted by atomic mass is 19.1. The summed E-state index contributed by atoms with van der Waals surface area (Å²) in [7, 11) is 0. The van der Waals surface area contributed by atoms with Crippen molar-refractivity contribution in [1.82, 2.24) is 10.3 Å². The summed E-state index contributed by atoms with van der Waals surface area (Å²) in [6.45, 7) is 8.11. The lowest BCUT2D eigenvalue weighted by Crippen LogP contribution is -2.24. The van der Waals surface area contributed by atoms with Gasteiger partial charge in [0.1, 0.15) is 11.4 Å². The van der Waals surface area contributed by atoms with Crippen LogP contribution in [0.15, 0.2) is 42.6 Å². The molecule has 1 aromatic heterocycles. The van der Waals surface area contributed by atoms with Gasteiger partial charge < -0.3 is 10.1 Å². The van der Waals surface area contributed by atoms with Crippen molar-refractivity contribution >= 4 is 5.97 Å². The molecule has 2 aromatic rings. The standard InChI is InChI=1S/C19H23FN2O2/c1-13(17-10-9-16(20)12-22-17)21-11-14-5-7-15(8-6-14)18(23)24-19(2,3)4/h5-10,12-13,21H,11H2,1-4H3. The Morgan fingerprint density at radius 2 is 1.88 bits per heavy atom. The third-order valence-electron chi connectivity index (χ3n) is 3.39. The first-order chi connectivity index (χ1) is 11.2. The molecule has 0 aliphatic carbocycles. The first kappa shape index (κ1) is 18.1. The van der Waals surface area contributed by atoms with E-state index < -0.39 is 5.60 Å². The van der Waals surface area contributed by atoms with E-state index in [1.807, 2.05) is 39.8 Å². The number of hydrogen-bond donors (Lipinski definition) is 1. The molecule has 2 rings (SSSR count). The second kappa shape index (κ2) is 7.53. The van der Waals surface area contributed by atoms with Crippen molar-refractivity contribution in [3.63, 3.8) is 0 Å². The van der Waals surface area contributed by atoms with Crippen molar-refractivity contribution in [2.75, 3.05) is 0 Å². The molecule has 0 saturated heterocycles. The molecule has 5 heteroatoms. The van der Waals surface area contributed by atoms with Gasteiger partial charge in [0.05, 0.1) is 17.5 Å². The highest BCUT2D eigenvalue weighted by Gasteiger charge is 2.17. The van der Waals surface area contributed by atoms with Crippen LogP contribution in [0.5, 0.6) is 0 Å². The predicted octanol–water partition coefficient (Wildman–Crippen LogP) is 4.03. The van der Waals surface area contributed by atoms with E-state index >= 15 is 0 Å². The first-order valence-electron chi connectivity index (χ1n) is 7.92. The fourth-order valence-electron chi connectivity index (χ4n) is 2.11. The molecular formula is C19H23FN2O2. The summed E-state index contributed by atoms with van der Waals surface area (Å²) < 4.78 is 18.2. The van der Waals surface area contributed by atoms with Gasteiger partial charge in [-0.3, -0.25) is 4.98 Å². The lowest BCUT2D eigenvalue weighted by atomic mass is 10.1. The highest BCUT2D eigenvalue weighted by molar-refractivity contribution is 5.89. The van der Waals surface area contributed by atoms with Crippen LogP contribution in [-0.4, -0.2) is 16.6 Å². The Labute approximate surface area is 142 Å². The summed E-state index contributed by atoms with van der Waals surface area (Å²) >= 11 is 0. The molecule has 4 nitrogen and oxygen atoms in total. The molecule has 0 radical (unpaired) electrons. The van der Waals surface area contributed by atoms with Crippen molar-refractivity contribution in [2.24, 2.45) is 0 Å². The van der Waals surface area contributed by atoms with Crippen LogP contribution < -0.4 is 5.32 Å². The minimum absolute atomic E-state index is 0.00358. The smallest absolute Gasteiger partial charge is 0.338 e. The summed E-state index contributed by atoms with van der Waals surface area (Å²) in [5, 5.41) is 3.32. The molecule has 1 unspecified atom stereocenters. The molecule has 0 aliphatic heterocycles. The number of benzene rings is 1. The van der Waals surface area contributed by atoms with Gasteiger partial charge in [0.2, 0.25) is 0 Å². The average Bonchev–Trinajstić information content (AvgIpc) is 2.52. The van der Waals surface area contributed by atoms with E-state index in [1.54, 1.807) is 18.2 Å². The van der Waals surface area contributed by atoms with Crippen molar-refractivity contribution in [1.29, 1.82) is 0 Å². The minimum Gasteiger partial charge on any atom is -0.456 e. The third kappa shape index (κ3) is 5.42. The summed E-state index contributed by atoms with van der Waals surface area (Å²) in [6.07, 6.45) is 1.21. The quantitative estimate of drug-likeness (QED) is 0.841. The summed E-state index contributed by atoms with van der Waals surface area (Å²) in [4.78, 5) is 16.0. The SMILES string of the molecule is CC(NCc1ccc(C(=O)OC(C)(C)C)cc1)c1ccc(F)cn1. The number of aromatic nitrogens is 1. The van der Waals surface area contributed by atoms with Crippen LogP contribution in [0.25, 0.3) is 0 Å². The van der Waals surface area contributed by atoms with Gasteiger partial charge in [-0.1, -0.05) is 12.1 Å². The van der Waals surface area contributed by atoms with Gasteiger partial charge >= 0.3 is 5.97 Å². The maximum absolute atomic E-state index is 12.9. The van der Waals surface area contributed by atoms with Gasteiger partial charge in [-0.2, -0.15) is 0 Å². The molecule has 1 aromatic carbocycles. The number of nitrogens with zero attached hydrogens (tertiary/aromatic N) is 1. The number of ether oxygens (including phenoxy) is 1. The van der Waals surface area contributed by atoms with E-state index in [2.05, 4.69) is 10.3 Å². The summed E-state index contributed by atoms with van der Waals surface area (Å²) in [5.41, 5.74) is 1.84. The van der Waals surface area contributed by atoms with Crippen molar-refractivity contribution in [3.8, 4) is 0 Å². The monoisotopic (exact) mass is 330 g/mol. The fourth-order valence-corrected chi connectivity index (χ4v) is 2.11. The Hall–Kier alpha value is -2.27. The molecular weight excluding hydrogens is 307 g/mol. The molecule has 0 spiro atoms. The number of hydrogen-bond acceptors (Lipinski definition) is 4. The lowest BCUT2D eigenvalue weighted by Gasteiger charge is -2.19. The number of rotatable bonds is 5. The number of carbonyl (C=O) groups is 1. The molecule has 1 atom stereocenters. The number of halogens is 1. The van der Waals surface area contributed by atoms with Crippen LogP contribution in [-0.2, 0) is 11.3 Å². The van der Waals surface area contributed by atoms with Crippen LogP contribution in [0, 0.1) is 5.82 Å². The predicted molar refractivity (Wildman–Crippen MR) is 91.1 cm³/mol. The number of carbonyl (C=O) groups excluding carboxylic acids is 1. The molecule has 24 heavy (non-hydrogen) atoms. The van der Waals surface area contributed by atoms with Crippen LogP contribution in [0.3, 0.4) is 0 Å². The van der Waals surface area contributed by atoms with E-state index in [0.29, 0.717) is 12.1 Å². The zero-order valence-electron chi connectivity index (χ0n) is 14.5. The maximum atomic E-state index is 12.9. The average molecular weight is 330 g/mol. The molecule has 0 saturated carbocycles. The minimum atomic E-state index is -0.505. The zero-order valence-corrected chi connectivity index (χ0v) is 14.5. The Bertz CT molecular complexity index is 676. The van der Waals surface area contributed by atoms with E-state index in [9.17, 15) is 9.18 Å². The summed E-state index contributed by atoms with van der Waals surface area (Å²) in [6, 6.07) is 10.3. The second-order valence-corrected chi connectivity index (χ2v) is 6.70. The second-order valence-electron chi connectivity index (χ2n) is 6.70. The number of pyridine rings is 1. The van der Waals surface area contributed by atoms with Gasteiger partial charge in [-0.25, -0.2) is 9.18 Å². The molecule has 1 heterocycles. The van der Waals surface area contributed by atoms with Crippen molar-refractivity contribution < 1.29 is 13.9 Å². The normalized spacial score (nSPS) is 12.7. The molecule has 0 aliphatic rings. The molecule has 0 bridgehead atoms. The van der Waals surface area contributed by atoms with Gasteiger partial charge in [-0.05, 0) is 57.5 Å². The van der Waals surface area contributed by atoms with Gasteiger partial charge in [0.25, 0.3) is 0 Å². The Balaban J connectivity index is 1.92. The first-order valence-corrected chi connectivity index (χ1v) is 7.92. The largest absolute Gasteiger partial charge is 0.456 e.